The zero-order valence-corrected chi connectivity index (χ0v) is 36.3. The van der Waals surface area contributed by atoms with Crippen LogP contribution in [0.15, 0.2) is 0 Å². The Kier molecular flexibility index (Phi) is 36.0. The molecule has 0 rings (SSSR count). The molecule has 0 bridgehead atoms. The molecular weight excluding hydrogens is 713 g/mol. The van der Waals surface area contributed by atoms with Crippen molar-refractivity contribution in [3.8, 4) is 0 Å². The first kappa shape index (κ1) is 55.2. The lowest BCUT2D eigenvalue weighted by molar-refractivity contribution is -0.145. The molecule has 0 spiro atoms. The minimum atomic E-state index is -0.931. The minimum absolute atomic E-state index is 0.0266. The van der Waals surface area contributed by atoms with E-state index in [0.29, 0.717) is 38.5 Å². The maximum absolute atomic E-state index is 12.8. The van der Waals surface area contributed by atoms with Gasteiger partial charge in [-0.15, -0.1) is 0 Å². The summed E-state index contributed by atoms with van der Waals surface area (Å²) in [7, 11) is 0. The van der Waals surface area contributed by atoms with Gasteiger partial charge in [0.2, 0.25) is 11.8 Å². The number of ketones is 2. The third-order valence-corrected chi connectivity index (χ3v) is 10.4. The molecule has 328 valence electrons. The van der Waals surface area contributed by atoms with Crippen LogP contribution in [-0.4, -0.2) is 69.7 Å². The number of unbranched alkanes of at least 4 members (excludes halogenated alkanes) is 12. The van der Waals surface area contributed by atoms with Crippen molar-refractivity contribution in [2.75, 3.05) is 0 Å². The van der Waals surface area contributed by atoms with Crippen LogP contribution in [0.25, 0.3) is 0 Å². The third-order valence-electron chi connectivity index (χ3n) is 10.4. The molecule has 12 heteroatoms. The predicted molar refractivity (Wildman–Crippen MR) is 226 cm³/mol. The molecule has 0 heterocycles. The molecule has 0 aliphatic carbocycles. The fraction of sp³-hybridized carbons (Fsp3) is 0.864. The van der Waals surface area contributed by atoms with Gasteiger partial charge in [-0.05, 0) is 38.5 Å². The van der Waals surface area contributed by atoms with Crippen molar-refractivity contribution in [1.29, 1.82) is 0 Å². The summed E-state index contributed by atoms with van der Waals surface area (Å²) in [6.07, 6.45) is 20.3. The van der Waals surface area contributed by atoms with Gasteiger partial charge in [-0.25, -0.2) is 0 Å². The highest BCUT2D eigenvalue weighted by Crippen LogP contribution is 2.19. The van der Waals surface area contributed by atoms with Gasteiger partial charge in [-0.2, -0.15) is 0 Å². The molecule has 2 amide bonds. The number of nitrogens with two attached hydrogens (primary N) is 2. The molecule has 0 aliphatic rings. The van der Waals surface area contributed by atoms with Crippen LogP contribution in [0, 0.1) is 11.8 Å². The first-order valence-electron chi connectivity index (χ1n) is 22.4. The van der Waals surface area contributed by atoms with E-state index >= 15 is 0 Å². The fourth-order valence-electron chi connectivity index (χ4n) is 6.55. The topological polar surface area (TPSA) is 219 Å². The second kappa shape index (κ2) is 36.5. The van der Waals surface area contributed by atoms with Crippen molar-refractivity contribution in [2.45, 2.75) is 233 Å². The highest BCUT2D eigenvalue weighted by Gasteiger charge is 2.29. The van der Waals surface area contributed by atoms with Crippen molar-refractivity contribution in [3.05, 3.63) is 0 Å². The van der Waals surface area contributed by atoms with Gasteiger partial charge in [0, 0.05) is 12.8 Å². The van der Waals surface area contributed by atoms with E-state index in [1.165, 1.54) is 0 Å². The summed E-state index contributed by atoms with van der Waals surface area (Å²) in [6, 6.07) is -2.51. The van der Waals surface area contributed by atoms with Gasteiger partial charge < -0.3 is 32.3 Å². The van der Waals surface area contributed by atoms with Crippen LogP contribution in [-0.2, 0) is 28.8 Å². The molecule has 0 aliphatic heterocycles. The largest absolute Gasteiger partial charge is 0.481 e. The Labute approximate surface area is 340 Å². The number of nitrogens with one attached hydrogen (secondary N) is 2. The van der Waals surface area contributed by atoms with E-state index in [1.54, 1.807) is 0 Å². The lowest BCUT2D eigenvalue weighted by Crippen LogP contribution is -2.48. The van der Waals surface area contributed by atoms with E-state index in [0.717, 1.165) is 116 Å². The molecule has 0 aromatic rings. The number of carboxylic acids is 2. The van der Waals surface area contributed by atoms with Crippen molar-refractivity contribution in [3.63, 3.8) is 0 Å². The molecule has 0 saturated heterocycles. The second-order valence-electron chi connectivity index (χ2n) is 15.7. The summed E-state index contributed by atoms with van der Waals surface area (Å²) in [6.45, 7) is 12.5. The second-order valence-corrected chi connectivity index (χ2v) is 15.7. The summed E-state index contributed by atoms with van der Waals surface area (Å²) < 4.78 is 0. The van der Waals surface area contributed by atoms with Crippen LogP contribution in [0.1, 0.15) is 208 Å². The van der Waals surface area contributed by atoms with Crippen LogP contribution < -0.4 is 22.1 Å². The van der Waals surface area contributed by atoms with Gasteiger partial charge in [0.05, 0.1) is 36.0 Å². The molecule has 6 atom stereocenters. The Balaban J connectivity index is 0. The van der Waals surface area contributed by atoms with Gasteiger partial charge >= 0.3 is 11.9 Å². The first-order valence-corrected chi connectivity index (χ1v) is 22.4. The molecule has 56 heavy (non-hydrogen) atoms. The highest BCUT2D eigenvalue weighted by molar-refractivity contribution is 5.93. The van der Waals surface area contributed by atoms with Gasteiger partial charge in [0.15, 0.2) is 11.6 Å². The van der Waals surface area contributed by atoms with Crippen molar-refractivity contribution < 1.29 is 39.0 Å². The fourth-order valence-corrected chi connectivity index (χ4v) is 6.55. The third kappa shape index (κ3) is 28.5. The molecule has 6 unspecified atom stereocenters. The van der Waals surface area contributed by atoms with E-state index in [1.807, 2.05) is 0 Å². The number of amides is 2. The van der Waals surface area contributed by atoms with E-state index in [-0.39, 0.29) is 36.2 Å². The zero-order chi connectivity index (χ0) is 42.7. The Morgan fingerprint density at radius 3 is 0.911 bits per heavy atom. The molecule has 0 fully saturated rings. The van der Waals surface area contributed by atoms with Crippen LogP contribution in [0.5, 0.6) is 0 Å². The van der Waals surface area contributed by atoms with Crippen LogP contribution in [0.3, 0.4) is 0 Å². The summed E-state index contributed by atoms with van der Waals surface area (Å²) in [5, 5.41) is 24.5. The van der Waals surface area contributed by atoms with Crippen LogP contribution in [0.2, 0.25) is 0 Å². The molecule has 0 radical (unpaired) electrons. The van der Waals surface area contributed by atoms with Gasteiger partial charge in [-0.1, -0.05) is 157 Å². The SMILES string of the molecule is CCCCCC(N)C(=O)NC(CCCCC)C(=O)CC(CCCCC)C(=O)O.CCCCCC(N)C(=O)NC(CCCCC)C(=O)CC(CCCCC)C(=O)O. The maximum atomic E-state index is 12.8. The van der Waals surface area contributed by atoms with E-state index in [9.17, 15) is 39.0 Å². The van der Waals surface area contributed by atoms with Crippen molar-refractivity contribution in [1.82, 2.24) is 10.6 Å². The Morgan fingerprint density at radius 1 is 0.411 bits per heavy atom. The summed E-state index contributed by atoms with van der Waals surface area (Å²) in [5.41, 5.74) is 11.9. The minimum Gasteiger partial charge on any atom is -0.481 e. The number of carbonyl (C=O) groups is 6. The number of carboxylic acid groups (broad SMARTS) is 2. The highest BCUT2D eigenvalue weighted by atomic mass is 16.4. The molecule has 0 saturated carbocycles. The number of rotatable bonds is 36. The molecule has 12 nitrogen and oxygen atoms in total. The standard InChI is InChI=1S/2C22H42N2O4/c2*1-4-7-10-13-17(22(27)28)16-20(25)19(15-12-9-6-3)24-21(26)18(23)14-11-8-5-2/h2*17-19H,4-16,23H2,1-3H3,(H,24,26)(H,27,28). The zero-order valence-electron chi connectivity index (χ0n) is 36.3. The average Bonchev–Trinajstić information content (AvgIpc) is 3.16. The average molecular weight is 797 g/mol. The summed E-state index contributed by atoms with van der Waals surface area (Å²) in [4.78, 5) is 73.4. The van der Waals surface area contributed by atoms with Crippen LogP contribution in [0.4, 0.5) is 0 Å². The van der Waals surface area contributed by atoms with Gasteiger partial charge in [0.25, 0.3) is 0 Å². The van der Waals surface area contributed by atoms with Gasteiger partial charge in [0.1, 0.15) is 0 Å². The smallest absolute Gasteiger partial charge is 0.306 e. The molecule has 0 aromatic heterocycles. The summed E-state index contributed by atoms with van der Waals surface area (Å²) >= 11 is 0. The first-order chi connectivity index (χ1) is 26.7. The van der Waals surface area contributed by atoms with Crippen molar-refractivity contribution in [2.24, 2.45) is 23.3 Å². The number of hydrogen-bond donors (Lipinski definition) is 6. The molecular formula is C44H84N4O8. The van der Waals surface area contributed by atoms with Crippen LogP contribution >= 0.6 is 0 Å². The predicted octanol–water partition coefficient (Wildman–Crippen LogP) is 8.40. The Morgan fingerprint density at radius 2 is 0.661 bits per heavy atom. The van der Waals surface area contributed by atoms with Gasteiger partial charge in [-0.3, -0.25) is 28.8 Å². The Bertz CT molecular complexity index is 990. The summed E-state index contributed by atoms with van der Waals surface area (Å²) in [5.74, 6) is -4.19. The van der Waals surface area contributed by atoms with Crippen molar-refractivity contribution >= 4 is 35.3 Å². The Hall–Kier alpha value is -2.86. The number of hydrogen-bond acceptors (Lipinski definition) is 8. The molecule has 8 N–H and O–H groups in total. The number of Topliss-reactive ketones (excluding diaryl/α,β-unsaturated/α-hetero) is 2. The van der Waals surface area contributed by atoms with E-state index < -0.39 is 47.9 Å². The number of carbonyl (C=O) groups excluding carboxylic acids is 4. The molecule has 0 aromatic carbocycles. The lowest BCUT2D eigenvalue weighted by Gasteiger charge is -2.22. The monoisotopic (exact) mass is 797 g/mol. The van der Waals surface area contributed by atoms with E-state index in [4.69, 9.17) is 11.5 Å². The normalized spacial score (nSPS) is 14.3. The number of aliphatic carboxylic acids is 2. The maximum Gasteiger partial charge on any atom is 0.306 e. The quantitative estimate of drug-likeness (QED) is 0.0333. The lowest BCUT2D eigenvalue weighted by atomic mass is 9.91. The van der Waals surface area contributed by atoms with E-state index in [2.05, 4.69) is 52.2 Å².